The molecule has 1 aliphatic heterocycles. The van der Waals surface area contributed by atoms with E-state index in [0.29, 0.717) is 78.8 Å². The number of ether oxygens (including phenoxy) is 6. The lowest BCUT2D eigenvalue weighted by atomic mass is 10.0. The van der Waals surface area contributed by atoms with E-state index in [1.807, 2.05) is 0 Å². The number of likely N-dealkylation sites (N-methyl/N-ethyl adjacent to an activating group) is 1. The fourth-order valence-corrected chi connectivity index (χ4v) is 4.22. The van der Waals surface area contributed by atoms with Gasteiger partial charge in [0.15, 0.2) is 6.35 Å². The number of rotatable bonds is 31. The average molecular weight is 705 g/mol. The molecule has 5 amide bonds. The highest BCUT2D eigenvalue weighted by Crippen LogP contribution is 2.06. The van der Waals surface area contributed by atoms with Crippen LogP contribution in [0.4, 0.5) is 0 Å². The van der Waals surface area contributed by atoms with Crippen molar-refractivity contribution in [2.75, 3.05) is 99.4 Å². The van der Waals surface area contributed by atoms with E-state index < -0.39 is 24.3 Å². The Labute approximate surface area is 288 Å². The van der Waals surface area contributed by atoms with Crippen LogP contribution in [0.15, 0.2) is 12.2 Å². The monoisotopic (exact) mass is 704 g/mol. The van der Waals surface area contributed by atoms with Crippen molar-refractivity contribution in [2.24, 2.45) is 11.7 Å². The van der Waals surface area contributed by atoms with Gasteiger partial charge in [0.05, 0.1) is 85.8 Å². The molecule has 0 aromatic carbocycles. The van der Waals surface area contributed by atoms with Gasteiger partial charge in [-0.15, -0.1) is 0 Å². The predicted octanol–water partition coefficient (Wildman–Crippen LogP) is -2.62. The van der Waals surface area contributed by atoms with E-state index >= 15 is 0 Å². The number of carbonyl (C=O) groups excluding carboxylic acids is 5. The van der Waals surface area contributed by atoms with Crippen LogP contribution in [0, 0.1) is 5.92 Å². The minimum absolute atomic E-state index is 0.0493. The van der Waals surface area contributed by atoms with Crippen LogP contribution in [0.2, 0.25) is 0 Å². The van der Waals surface area contributed by atoms with Gasteiger partial charge in [0.25, 0.3) is 11.8 Å². The number of carbonyl (C=O) groups is 5. The van der Waals surface area contributed by atoms with Crippen LogP contribution >= 0.6 is 0 Å². The number of hydrogen-bond donors (Lipinski definition) is 6. The normalized spacial score (nSPS) is 14.7. The highest BCUT2D eigenvalue weighted by atomic mass is 16.6. The maximum atomic E-state index is 12.9. The fourth-order valence-electron chi connectivity index (χ4n) is 4.22. The van der Waals surface area contributed by atoms with Crippen molar-refractivity contribution in [2.45, 2.75) is 51.5 Å². The molecular weight excluding hydrogens is 648 g/mol. The molecule has 0 aromatic rings. The lowest BCUT2D eigenvalue weighted by Gasteiger charge is -2.25. The van der Waals surface area contributed by atoms with Gasteiger partial charge in [-0.3, -0.25) is 39.9 Å². The van der Waals surface area contributed by atoms with E-state index in [2.05, 4.69) is 21.3 Å². The fraction of sp³-hybridized carbons (Fsp3) is 0.774. The molecule has 0 saturated carbocycles. The first kappa shape index (κ1) is 44.0. The molecule has 282 valence electrons. The zero-order chi connectivity index (χ0) is 36.3. The quantitative estimate of drug-likeness (QED) is 0.0246. The summed E-state index contributed by atoms with van der Waals surface area (Å²) in [5, 5.41) is 19.7. The largest absolute Gasteiger partial charge is 0.379 e. The molecule has 0 radical (unpaired) electrons. The number of amides is 5. The minimum atomic E-state index is -1.17. The summed E-state index contributed by atoms with van der Waals surface area (Å²) in [6.07, 6.45) is 2.15. The number of nitrogens with one attached hydrogen (secondary N) is 4. The van der Waals surface area contributed by atoms with Gasteiger partial charge in [0.1, 0.15) is 12.1 Å². The molecule has 1 rings (SSSR count). The Morgan fingerprint density at radius 1 is 0.755 bits per heavy atom. The van der Waals surface area contributed by atoms with E-state index in [4.69, 9.17) is 39.3 Å². The molecule has 0 saturated heterocycles. The van der Waals surface area contributed by atoms with Crippen LogP contribution in [-0.2, 0) is 52.4 Å². The van der Waals surface area contributed by atoms with Crippen molar-refractivity contribution < 1.29 is 57.5 Å². The Hall–Kier alpha value is -3.07. The number of nitrogens with two attached hydrogens (primary N) is 1. The highest BCUT2D eigenvalue weighted by molar-refractivity contribution is 6.12. The number of aliphatic hydroxyl groups excluding tert-OH is 1. The van der Waals surface area contributed by atoms with Gasteiger partial charge < -0.3 is 49.5 Å². The summed E-state index contributed by atoms with van der Waals surface area (Å²) in [4.78, 5) is 61.6. The third kappa shape index (κ3) is 21.6. The standard InChI is InChI=1S/C31H56N6O12/c1-23(2)28(30(42)35-24(29(41)33-3)5-4-9-34-31(32)43)36-25(38)8-11-44-13-15-46-17-19-48-21-22-49-20-18-47-16-14-45-12-10-37-26(39)6-7-27(37)40/h6-7,23-24,28,31,34,43H,4-5,8-22,32H2,1-3H3,(H,33,41)(H,35,42)(H,36,38)/t24-,28-,31?/m0/s1. The first-order valence-electron chi connectivity index (χ1n) is 16.5. The summed E-state index contributed by atoms with van der Waals surface area (Å²) < 4.78 is 32.5. The van der Waals surface area contributed by atoms with Crippen molar-refractivity contribution in [3.63, 3.8) is 0 Å². The molecule has 18 nitrogen and oxygen atoms in total. The molecule has 0 spiro atoms. The zero-order valence-electron chi connectivity index (χ0n) is 28.9. The first-order chi connectivity index (χ1) is 23.6. The highest BCUT2D eigenvalue weighted by Gasteiger charge is 2.28. The van der Waals surface area contributed by atoms with Gasteiger partial charge in [0.2, 0.25) is 17.7 Å². The van der Waals surface area contributed by atoms with Gasteiger partial charge in [-0.2, -0.15) is 0 Å². The third-order valence-corrected chi connectivity index (χ3v) is 6.86. The van der Waals surface area contributed by atoms with E-state index in [1.54, 1.807) is 13.8 Å². The van der Waals surface area contributed by atoms with E-state index in [-0.39, 0.29) is 62.3 Å². The number of nitrogens with zero attached hydrogens (tertiary/aromatic N) is 1. The van der Waals surface area contributed by atoms with Crippen LogP contribution in [0.3, 0.4) is 0 Å². The summed E-state index contributed by atoms with van der Waals surface area (Å²) in [5.74, 6) is -2.07. The molecule has 18 heteroatoms. The molecule has 49 heavy (non-hydrogen) atoms. The average Bonchev–Trinajstić information content (AvgIpc) is 3.39. The lowest BCUT2D eigenvalue weighted by Crippen LogP contribution is -2.55. The van der Waals surface area contributed by atoms with Crippen LogP contribution < -0.4 is 27.0 Å². The first-order valence-corrected chi connectivity index (χ1v) is 16.5. The van der Waals surface area contributed by atoms with Crippen molar-refractivity contribution in [3.8, 4) is 0 Å². The second-order valence-electron chi connectivity index (χ2n) is 11.1. The second-order valence-corrected chi connectivity index (χ2v) is 11.1. The summed E-state index contributed by atoms with van der Waals surface area (Å²) >= 11 is 0. The molecule has 1 unspecified atom stereocenters. The molecule has 1 heterocycles. The number of aliphatic hydroxyl groups is 1. The van der Waals surface area contributed by atoms with Crippen molar-refractivity contribution in [1.82, 2.24) is 26.2 Å². The van der Waals surface area contributed by atoms with Crippen molar-refractivity contribution in [3.05, 3.63) is 12.2 Å². The summed E-state index contributed by atoms with van der Waals surface area (Å²) in [6, 6.07) is -1.65. The van der Waals surface area contributed by atoms with E-state index in [1.165, 1.54) is 19.2 Å². The van der Waals surface area contributed by atoms with Gasteiger partial charge in [-0.25, -0.2) is 0 Å². The van der Waals surface area contributed by atoms with Gasteiger partial charge >= 0.3 is 0 Å². The molecular formula is C31H56N6O12. The molecule has 1 aliphatic rings. The summed E-state index contributed by atoms with van der Waals surface area (Å²) in [6.45, 7) is 8.26. The molecule has 3 atom stereocenters. The Kier molecular flexibility index (Phi) is 24.9. The zero-order valence-corrected chi connectivity index (χ0v) is 28.9. The Balaban J connectivity index is 1.99. The number of hydrogen-bond acceptors (Lipinski definition) is 14. The Morgan fingerprint density at radius 2 is 1.22 bits per heavy atom. The SMILES string of the molecule is CNC(=O)[C@H](CCCNC(N)O)NC(=O)[C@@H](NC(=O)CCOCCOCCOCCOCCOCCOCCN1C(=O)C=CC1=O)C(C)C. The number of imide groups is 1. The molecule has 0 aromatic heterocycles. The van der Waals surface area contributed by atoms with Crippen molar-refractivity contribution >= 4 is 29.5 Å². The van der Waals surface area contributed by atoms with Crippen LogP contribution in [0.5, 0.6) is 0 Å². The smallest absolute Gasteiger partial charge is 0.253 e. The van der Waals surface area contributed by atoms with Gasteiger partial charge in [-0.05, 0) is 25.3 Å². The summed E-state index contributed by atoms with van der Waals surface area (Å²) in [7, 11) is 1.47. The maximum absolute atomic E-state index is 12.9. The van der Waals surface area contributed by atoms with E-state index in [0.717, 1.165) is 4.90 Å². The molecule has 7 N–H and O–H groups in total. The van der Waals surface area contributed by atoms with E-state index in [9.17, 15) is 24.0 Å². The maximum Gasteiger partial charge on any atom is 0.253 e. The van der Waals surface area contributed by atoms with Crippen LogP contribution in [0.1, 0.15) is 33.1 Å². The molecule has 0 aliphatic carbocycles. The Bertz CT molecular complexity index is 982. The predicted molar refractivity (Wildman–Crippen MR) is 176 cm³/mol. The molecule has 0 fully saturated rings. The molecule has 0 bridgehead atoms. The topological polar surface area (TPSA) is 238 Å². The van der Waals surface area contributed by atoms with Crippen LogP contribution in [-0.4, -0.2) is 157 Å². The third-order valence-electron chi connectivity index (χ3n) is 6.86. The second kappa shape index (κ2) is 27.7. The van der Waals surface area contributed by atoms with Gasteiger partial charge in [0, 0.05) is 25.6 Å². The van der Waals surface area contributed by atoms with Crippen LogP contribution in [0.25, 0.3) is 0 Å². The minimum Gasteiger partial charge on any atom is -0.379 e. The van der Waals surface area contributed by atoms with Crippen molar-refractivity contribution in [1.29, 1.82) is 0 Å². The Morgan fingerprint density at radius 3 is 1.67 bits per heavy atom. The van der Waals surface area contributed by atoms with Gasteiger partial charge in [-0.1, -0.05) is 13.8 Å². The lowest BCUT2D eigenvalue weighted by molar-refractivity contribution is -0.137. The summed E-state index contributed by atoms with van der Waals surface area (Å²) in [5.41, 5.74) is 5.24.